The maximum absolute atomic E-state index is 5.91. The first-order chi connectivity index (χ1) is 14.7. The number of pyridine rings is 1. The van der Waals surface area contributed by atoms with Crippen LogP contribution < -0.4 is 0 Å². The van der Waals surface area contributed by atoms with Crippen LogP contribution >= 0.6 is 0 Å². The number of ether oxygens (including phenoxy) is 2. The Kier molecular flexibility index (Phi) is 5.31. The topological polar surface area (TPSA) is 62.1 Å². The van der Waals surface area contributed by atoms with Crippen molar-refractivity contribution in [3.8, 4) is 23.2 Å². The van der Waals surface area contributed by atoms with Crippen LogP contribution in [0.15, 0.2) is 48.8 Å². The highest BCUT2D eigenvalue weighted by atomic mass is 16.7. The fourth-order valence-corrected chi connectivity index (χ4v) is 3.54. The molecule has 30 heavy (non-hydrogen) atoms. The van der Waals surface area contributed by atoms with Gasteiger partial charge in [-0.1, -0.05) is 47.4 Å². The third kappa shape index (κ3) is 4.43. The predicted octanol–water partition coefficient (Wildman–Crippen LogP) is 3.57. The van der Waals surface area contributed by atoms with Crippen molar-refractivity contribution in [1.82, 2.24) is 20.0 Å². The van der Waals surface area contributed by atoms with E-state index in [2.05, 4.69) is 45.3 Å². The molecule has 2 aromatic heterocycles. The van der Waals surface area contributed by atoms with Crippen molar-refractivity contribution in [2.75, 3.05) is 13.2 Å². The van der Waals surface area contributed by atoms with Gasteiger partial charge in [-0.15, -0.1) is 5.10 Å². The van der Waals surface area contributed by atoms with Crippen LogP contribution in [0.3, 0.4) is 0 Å². The van der Waals surface area contributed by atoms with Gasteiger partial charge in [0, 0.05) is 23.6 Å². The molecule has 6 nitrogen and oxygen atoms in total. The van der Waals surface area contributed by atoms with Gasteiger partial charge in [-0.2, -0.15) is 0 Å². The molecule has 0 spiro atoms. The molecule has 0 N–H and O–H groups in total. The average Bonchev–Trinajstić information content (AvgIpc) is 3.51. The van der Waals surface area contributed by atoms with Crippen LogP contribution in [-0.2, 0) is 16.0 Å². The number of aryl methyl sites for hydroxylation is 1. The van der Waals surface area contributed by atoms with Crippen LogP contribution in [-0.4, -0.2) is 39.5 Å². The lowest BCUT2D eigenvalue weighted by molar-refractivity contribution is -0.194. The largest absolute Gasteiger partial charge is 0.350 e. The first kappa shape index (κ1) is 19.0. The molecular formula is C24H24N4O2. The van der Waals surface area contributed by atoms with Crippen LogP contribution in [0, 0.1) is 24.7 Å². The molecule has 3 aromatic rings. The fraction of sp³-hybridized carbons (Fsp3) is 0.375. The van der Waals surface area contributed by atoms with E-state index >= 15 is 0 Å². The quantitative estimate of drug-likeness (QED) is 0.627. The van der Waals surface area contributed by atoms with E-state index in [4.69, 9.17) is 9.47 Å². The molecule has 1 aliphatic heterocycles. The van der Waals surface area contributed by atoms with Crippen LogP contribution in [0.5, 0.6) is 0 Å². The van der Waals surface area contributed by atoms with Gasteiger partial charge in [0.2, 0.25) is 0 Å². The maximum Gasteiger partial charge on any atom is 0.177 e. The second kappa shape index (κ2) is 8.39. The zero-order valence-electron chi connectivity index (χ0n) is 17.0. The number of nitrogens with zero attached hydrogens (tertiary/aromatic N) is 4. The Morgan fingerprint density at radius 2 is 1.93 bits per heavy atom. The van der Waals surface area contributed by atoms with E-state index in [1.165, 1.54) is 18.4 Å². The van der Waals surface area contributed by atoms with Gasteiger partial charge in [-0.05, 0) is 37.0 Å². The number of hydrogen-bond donors (Lipinski definition) is 0. The van der Waals surface area contributed by atoms with Crippen molar-refractivity contribution in [3.05, 3.63) is 65.5 Å². The zero-order valence-corrected chi connectivity index (χ0v) is 17.0. The van der Waals surface area contributed by atoms with Gasteiger partial charge in [-0.25, -0.2) is 4.68 Å². The smallest absolute Gasteiger partial charge is 0.177 e. The minimum absolute atomic E-state index is 0.266. The second-order valence-corrected chi connectivity index (χ2v) is 7.96. The van der Waals surface area contributed by atoms with Crippen molar-refractivity contribution in [3.63, 3.8) is 0 Å². The van der Waals surface area contributed by atoms with E-state index in [0.717, 1.165) is 22.5 Å². The number of rotatable bonds is 4. The summed E-state index contributed by atoms with van der Waals surface area (Å²) >= 11 is 0. The molecule has 0 bridgehead atoms. The molecule has 2 fully saturated rings. The van der Waals surface area contributed by atoms with Gasteiger partial charge in [-0.3, -0.25) is 4.98 Å². The van der Waals surface area contributed by atoms with Crippen molar-refractivity contribution < 1.29 is 9.47 Å². The Labute approximate surface area is 176 Å². The summed E-state index contributed by atoms with van der Waals surface area (Å²) in [5.41, 5.74) is 4.80. The number of benzene rings is 1. The zero-order chi connectivity index (χ0) is 20.3. The van der Waals surface area contributed by atoms with E-state index in [0.29, 0.717) is 25.7 Å². The summed E-state index contributed by atoms with van der Waals surface area (Å²) in [7, 11) is 0. The Morgan fingerprint density at radius 1 is 1.13 bits per heavy atom. The fourth-order valence-electron chi connectivity index (χ4n) is 3.54. The molecule has 5 rings (SSSR count). The molecule has 2 aliphatic rings. The summed E-state index contributed by atoms with van der Waals surface area (Å²) in [5.74, 6) is 7.33. The Morgan fingerprint density at radius 3 is 2.67 bits per heavy atom. The molecule has 0 unspecified atom stereocenters. The minimum atomic E-state index is -0.325. The Balaban J connectivity index is 1.21. The van der Waals surface area contributed by atoms with Crippen LogP contribution in [0.2, 0.25) is 0 Å². The van der Waals surface area contributed by atoms with Gasteiger partial charge >= 0.3 is 0 Å². The summed E-state index contributed by atoms with van der Waals surface area (Å²) in [6.45, 7) is 3.81. The molecule has 0 atom stereocenters. The molecule has 1 saturated heterocycles. The molecule has 1 aromatic carbocycles. The van der Waals surface area contributed by atoms with Crippen LogP contribution in [0.4, 0.5) is 0 Å². The predicted molar refractivity (Wildman–Crippen MR) is 112 cm³/mol. The lowest BCUT2D eigenvalue weighted by Gasteiger charge is -2.29. The normalized spacial score (nSPS) is 21.1. The maximum atomic E-state index is 5.91. The van der Waals surface area contributed by atoms with Gasteiger partial charge in [0.25, 0.3) is 0 Å². The third-order valence-electron chi connectivity index (χ3n) is 5.43. The van der Waals surface area contributed by atoms with E-state index < -0.39 is 0 Å². The molecule has 6 heteroatoms. The van der Waals surface area contributed by atoms with Crippen molar-refractivity contribution in [2.45, 2.75) is 38.5 Å². The molecular weight excluding hydrogens is 376 g/mol. The summed E-state index contributed by atoms with van der Waals surface area (Å²) in [6.07, 6.45) is 5.83. The summed E-state index contributed by atoms with van der Waals surface area (Å²) < 4.78 is 13.6. The Hall–Kier alpha value is -3.01. The highest BCUT2D eigenvalue weighted by Gasteiger charge is 2.24. The summed E-state index contributed by atoms with van der Waals surface area (Å²) in [4.78, 5) is 4.57. The van der Waals surface area contributed by atoms with Crippen LogP contribution in [0.25, 0.3) is 11.4 Å². The van der Waals surface area contributed by atoms with E-state index in [-0.39, 0.29) is 12.2 Å². The van der Waals surface area contributed by atoms with Gasteiger partial charge < -0.3 is 9.47 Å². The van der Waals surface area contributed by atoms with Crippen molar-refractivity contribution in [2.24, 2.45) is 5.92 Å². The van der Waals surface area contributed by atoms with E-state index in [1.54, 1.807) is 4.68 Å². The van der Waals surface area contributed by atoms with Crippen molar-refractivity contribution in [1.29, 1.82) is 0 Å². The third-order valence-corrected chi connectivity index (χ3v) is 5.43. The average molecular weight is 400 g/mol. The Bertz CT molecular complexity index is 1070. The molecule has 3 heterocycles. The molecule has 1 saturated carbocycles. The second-order valence-electron chi connectivity index (χ2n) is 7.96. The van der Waals surface area contributed by atoms with Crippen molar-refractivity contribution >= 4 is 0 Å². The van der Waals surface area contributed by atoms with E-state index in [9.17, 15) is 0 Å². The molecule has 1 aliphatic carbocycles. The summed E-state index contributed by atoms with van der Waals surface area (Å²) in [5, 5.41) is 8.53. The first-order valence-corrected chi connectivity index (χ1v) is 10.4. The van der Waals surface area contributed by atoms with Gasteiger partial charge in [0.05, 0.1) is 31.6 Å². The molecule has 0 radical (unpaired) electrons. The molecule has 0 amide bonds. The minimum Gasteiger partial charge on any atom is -0.350 e. The highest BCUT2D eigenvalue weighted by Crippen LogP contribution is 2.28. The highest BCUT2D eigenvalue weighted by molar-refractivity contribution is 5.58. The van der Waals surface area contributed by atoms with Crippen LogP contribution in [0.1, 0.15) is 35.4 Å². The lowest BCUT2D eigenvalue weighted by atomic mass is 10.0. The van der Waals surface area contributed by atoms with Gasteiger partial charge in [0.1, 0.15) is 5.69 Å². The molecule has 152 valence electrons. The van der Waals surface area contributed by atoms with Gasteiger partial charge in [0.15, 0.2) is 6.29 Å². The van der Waals surface area contributed by atoms with E-state index in [1.807, 2.05) is 37.5 Å². The lowest BCUT2D eigenvalue weighted by Crippen LogP contribution is -2.34. The number of hydrogen-bond acceptors (Lipinski definition) is 5. The standard InChI is InChI=1S/C24H24N4O2/c1-17-11-19(10-9-18-7-8-18)12-25-24(17)22-13-28(27-26-22)14-23-29-15-21(16-30-23)20-5-3-2-4-6-20/h2-6,11-13,18,21,23H,7-8,14-16H2,1H3. The first-order valence-electron chi connectivity index (χ1n) is 10.4. The monoisotopic (exact) mass is 400 g/mol. The SMILES string of the molecule is Cc1cc(C#CC2CC2)cnc1-c1cn(CC2OCC(c3ccccc3)CO2)nn1. The summed E-state index contributed by atoms with van der Waals surface area (Å²) in [6, 6.07) is 12.4. The number of aromatic nitrogens is 4.